The number of ether oxygens (including phenoxy) is 1. The highest BCUT2D eigenvalue weighted by molar-refractivity contribution is 5.93. The van der Waals surface area contributed by atoms with Crippen molar-refractivity contribution in [2.75, 3.05) is 5.32 Å². The first-order chi connectivity index (χ1) is 12.8. The van der Waals surface area contributed by atoms with Crippen molar-refractivity contribution in [2.45, 2.75) is 44.6 Å². The Labute approximate surface area is 155 Å². The summed E-state index contributed by atoms with van der Waals surface area (Å²) in [6.45, 7) is 1.83. The summed E-state index contributed by atoms with van der Waals surface area (Å²) < 4.78 is 40.4. The largest absolute Gasteiger partial charge is 0.573 e. The Hall–Kier alpha value is -2.54. The van der Waals surface area contributed by atoms with E-state index in [2.05, 4.69) is 27.5 Å². The Balaban J connectivity index is 1.58. The van der Waals surface area contributed by atoms with E-state index in [4.69, 9.17) is 0 Å². The zero-order valence-corrected chi connectivity index (χ0v) is 14.9. The van der Waals surface area contributed by atoms with Crippen molar-refractivity contribution in [2.24, 2.45) is 0 Å². The van der Waals surface area contributed by atoms with Crippen LogP contribution in [0.1, 0.15) is 36.9 Å². The summed E-state index contributed by atoms with van der Waals surface area (Å²) in [6.07, 6.45) is -1.57. The summed E-state index contributed by atoms with van der Waals surface area (Å²) in [6, 6.07) is 13.3. The van der Waals surface area contributed by atoms with E-state index >= 15 is 0 Å². The molecule has 0 bridgehead atoms. The van der Waals surface area contributed by atoms with E-state index in [-0.39, 0.29) is 23.7 Å². The van der Waals surface area contributed by atoms with Gasteiger partial charge in [-0.05, 0) is 49.6 Å². The predicted octanol–water partition coefficient (Wildman–Crippen LogP) is 3.55. The number of amides is 1. The van der Waals surface area contributed by atoms with Crippen LogP contribution < -0.4 is 15.4 Å². The van der Waals surface area contributed by atoms with Crippen molar-refractivity contribution in [3.8, 4) is 5.75 Å². The van der Waals surface area contributed by atoms with E-state index in [1.165, 1.54) is 35.4 Å². The lowest BCUT2D eigenvalue weighted by atomic mass is 9.87. The van der Waals surface area contributed by atoms with Crippen LogP contribution in [-0.4, -0.2) is 18.3 Å². The average molecular weight is 379 g/mol. The summed E-state index contributed by atoms with van der Waals surface area (Å²) >= 11 is 0. The van der Waals surface area contributed by atoms with Crippen LogP contribution in [0.3, 0.4) is 0 Å². The summed E-state index contributed by atoms with van der Waals surface area (Å²) in [7, 11) is 0. The number of hydrogen-bond acceptors (Lipinski definition) is 2. The molecule has 0 saturated carbocycles. The lowest BCUT2D eigenvalue weighted by molar-refractivity contribution is -0.714. The minimum atomic E-state index is -4.73. The molecule has 2 atom stereocenters. The fourth-order valence-corrected chi connectivity index (χ4v) is 3.42. The van der Waals surface area contributed by atoms with Crippen LogP contribution in [0.25, 0.3) is 0 Å². The number of halogens is 3. The van der Waals surface area contributed by atoms with Crippen LogP contribution in [0.4, 0.5) is 18.9 Å². The summed E-state index contributed by atoms with van der Waals surface area (Å²) in [5.41, 5.74) is 3.04. The zero-order valence-electron chi connectivity index (χ0n) is 14.9. The molecule has 0 aromatic heterocycles. The lowest BCUT2D eigenvalue weighted by Crippen LogP contribution is -2.92. The molecule has 0 unspecified atom stereocenters. The molecule has 0 spiro atoms. The van der Waals surface area contributed by atoms with E-state index in [1.807, 2.05) is 19.1 Å². The molecule has 1 aliphatic carbocycles. The molecular formula is C20H22F3N2O2+. The van der Waals surface area contributed by atoms with Crippen LogP contribution in [-0.2, 0) is 11.2 Å². The Morgan fingerprint density at radius 2 is 1.89 bits per heavy atom. The number of benzene rings is 2. The quantitative estimate of drug-likeness (QED) is 0.835. The summed E-state index contributed by atoms with van der Waals surface area (Å²) in [4.78, 5) is 12.5. The third-order valence-corrected chi connectivity index (χ3v) is 4.71. The Morgan fingerprint density at radius 1 is 1.19 bits per heavy atom. The van der Waals surface area contributed by atoms with E-state index in [0.29, 0.717) is 5.69 Å². The molecule has 1 aliphatic rings. The van der Waals surface area contributed by atoms with Gasteiger partial charge < -0.3 is 15.4 Å². The van der Waals surface area contributed by atoms with E-state index in [0.717, 1.165) is 19.3 Å². The van der Waals surface area contributed by atoms with Crippen molar-refractivity contribution >= 4 is 11.6 Å². The van der Waals surface area contributed by atoms with E-state index < -0.39 is 6.36 Å². The van der Waals surface area contributed by atoms with Crippen LogP contribution in [0.2, 0.25) is 0 Å². The maximum atomic E-state index is 12.5. The maximum absolute atomic E-state index is 12.5. The summed E-state index contributed by atoms with van der Waals surface area (Å²) in [5, 5.41) is 4.79. The second kappa shape index (κ2) is 8.00. The van der Waals surface area contributed by atoms with Gasteiger partial charge in [-0.2, -0.15) is 0 Å². The van der Waals surface area contributed by atoms with Crippen LogP contribution in [0.5, 0.6) is 5.75 Å². The van der Waals surface area contributed by atoms with E-state index in [9.17, 15) is 18.0 Å². The van der Waals surface area contributed by atoms with Gasteiger partial charge in [0.05, 0.1) is 0 Å². The summed E-state index contributed by atoms with van der Waals surface area (Å²) in [5.74, 6) is -0.513. The van der Waals surface area contributed by atoms with Gasteiger partial charge in [0, 0.05) is 17.7 Å². The first-order valence-electron chi connectivity index (χ1n) is 8.91. The van der Waals surface area contributed by atoms with Crippen molar-refractivity contribution < 1.29 is 28.0 Å². The number of fused-ring (bicyclic) bond motifs is 1. The number of alkyl halides is 3. The molecule has 2 aromatic rings. The number of anilines is 1. The number of quaternary nitrogens is 1. The van der Waals surface area contributed by atoms with Gasteiger partial charge in [-0.3, -0.25) is 4.79 Å². The highest BCUT2D eigenvalue weighted by Crippen LogP contribution is 2.27. The first-order valence-corrected chi connectivity index (χ1v) is 8.91. The minimum Gasteiger partial charge on any atom is -0.406 e. The molecule has 3 N–H and O–H groups in total. The fourth-order valence-electron chi connectivity index (χ4n) is 3.42. The molecule has 3 rings (SSSR count). The molecule has 4 nitrogen and oxygen atoms in total. The number of aryl methyl sites for hydroxylation is 1. The van der Waals surface area contributed by atoms with Gasteiger partial charge in [-0.15, -0.1) is 13.2 Å². The average Bonchev–Trinajstić information content (AvgIpc) is 2.62. The molecule has 2 aromatic carbocycles. The number of nitrogens with one attached hydrogen (secondary N) is 1. The monoisotopic (exact) mass is 379 g/mol. The third kappa shape index (κ3) is 5.23. The predicted molar refractivity (Wildman–Crippen MR) is 95.3 cm³/mol. The van der Waals surface area contributed by atoms with Gasteiger partial charge in [0.25, 0.3) is 5.91 Å². The fraction of sp³-hybridized carbons (Fsp3) is 0.350. The highest BCUT2D eigenvalue weighted by atomic mass is 19.4. The van der Waals surface area contributed by atoms with Crippen LogP contribution in [0.15, 0.2) is 48.5 Å². The number of carbonyl (C=O) groups excluding carboxylic acids is 1. The molecule has 0 heterocycles. The Morgan fingerprint density at radius 3 is 2.59 bits per heavy atom. The maximum Gasteiger partial charge on any atom is 0.573 e. The van der Waals surface area contributed by atoms with Crippen LogP contribution in [0, 0.1) is 0 Å². The van der Waals surface area contributed by atoms with Gasteiger partial charge >= 0.3 is 6.36 Å². The van der Waals surface area contributed by atoms with Crippen molar-refractivity contribution in [1.29, 1.82) is 0 Å². The minimum absolute atomic E-state index is 0.192. The molecular weight excluding hydrogens is 357 g/mol. The standard InChI is InChI=1S/C20H21F3N2O2/c1-13(24-18-8-4-6-14-5-2-3-7-17(14)18)19(26)25-15-9-11-16(12-10-15)27-20(21,22)23/h2-3,5,7,9-13,18,24H,4,6,8H2,1H3,(H,25,26)/p+1/t13-,18-/m1/s1. The zero-order chi connectivity index (χ0) is 19.4. The van der Waals surface area contributed by atoms with Crippen molar-refractivity contribution in [3.63, 3.8) is 0 Å². The molecule has 7 heteroatoms. The Kier molecular flexibility index (Phi) is 5.70. The lowest BCUT2D eigenvalue weighted by Gasteiger charge is -2.26. The smallest absolute Gasteiger partial charge is 0.406 e. The molecule has 0 radical (unpaired) electrons. The molecule has 27 heavy (non-hydrogen) atoms. The third-order valence-electron chi connectivity index (χ3n) is 4.71. The molecule has 0 aliphatic heterocycles. The Bertz CT molecular complexity index is 791. The van der Waals surface area contributed by atoms with Gasteiger partial charge in [0.15, 0.2) is 6.04 Å². The highest BCUT2D eigenvalue weighted by Gasteiger charge is 2.31. The first kappa shape index (κ1) is 19.2. The number of carbonyl (C=O) groups is 1. The second-order valence-corrected chi connectivity index (χ2v) is 6.74. The molecule has 0 saturated heterocycles. The van der Waals surface area contributed by atoms with Gasteiger partial charge in [-0.1, -0.05) is 24.3 Å². The number of hydrogen-bond donors (Lipinski definition) is 2. The van der Waals surface area contributed by atoms with Crippen molar-refractivity contribution in [1.82, 2.24) is 0 Å². The number of rotatable bonds is 5. The number of nitrogens with two attached hydrogens (primary N) is 1. The van der Waals surface area contributed by atoms with Crippen molar-refractivity contribution in [3.05, 3.63) is 59.7 Å². The molecule has 0 fully saturated rings. The van der Waals surface area contributed by atoms with Gasteiger partial charge in [0.2, 0.25) is 0 Å². The SMILES string of the molecule is C[C@@H]([NH2+][C@@H]1CCCc2ccccc21)C(=O)Nc1ccc(OC(F)(F)F)cc1. The van der Waals surface area contributed by atoms with Gasteiger partial charge in [0.1, 0.15) is 11.8 Å². The molecule has 144 valence electrons. The van der Waals surface area contributed by atoms with Gasteiger partial charge in [-0.25, -0.2) is 0 Å². The normalized spacial score (nSPS) is 17.7. The van der Waals surface area contributed by atoms with E-state index in [1.54, 1.807) is 0 Å². The molecule has 1 amide bonds. The second-order valence-electron chi connectivity index (χ2n) is 6.74. The topological polar surface area (TPSA) is 54.9 Å². The van der Waals surface area contributed by atoms with Crippen LogP contribution >= 0.6 is 0 Å².